The van der Waals surface area contributed by atoms with Crippen molar-refractivity contribution in [1.82, 2.24) is 15.5 Å². The van der Waals surface area contributed by atoms with Crippen molar-refractivity contribution in [3.63, 3.8) is 0 Å². The molecule has 1 aliphatic rings. The maximum Gasteiger partial charge on any atom is 0.412 e. The third kappa shape index (κ3) is 6.93. The molecule has 0 saturated carbocycles. The van der Waals surface area contributed by atoms with Crippen LogP contribution in [0.3, 0.4) is 0 Å². The summed E-state index contributed by atoms with van der Waals surface area (Å²) in [6, 6.07) is 6.95. The molecule has 2 aromatic rings. The molecule has 0 fully saturated rings. The Morgan fingerprint density at radius 1 is 1.10 bits per heavy atom. The van der Waals surface area contributed by atoms with E-state index < -0.39 is 11.5 Å². The number of amidine groups is 1. The molecule has 218 valence electrons. The van der Waals surface area contributed by atoms with Gasteiger partial charge >= 0.3 is 6.09 Å². The molecule has 3 N–H and O–H groups in total. The van der Waals surface area contributed by atoms with Crippen LogP contribution in [0.4, 0.5) is 10.5 Å². The van der Waals surface area contributed by atoms with Crippen molar-refractivity contribution in [2.75, 3.05) is 45.7 Å². The van der Waals surface area contributed by atoms with E-state index in [0.717, 1.165) is 11.3 Å². The zero-order valence-corrected chi connectivity index (χ0v) is 26.2. The Balaban J connectivity index is 0.00000560. The Morgan fingerprint density at radius 2 is 1.77 bits per heavy atom. The highest BCUT2D eigenvalue weighted by Crippen LogP contribution is 2.40. The number of carbonyl (C=O) groups is 3. The van der Waals surface area contributed by atoms with Gasteiger partial charge in [-0.25, -0.2) is 4.79 Å². The van der Waals surface area contributed by atoms with Crippen LogP contribution >= 0.6 is 17.0 Å². The molecule has 11 heteroatoms. The van der Waals surface area contributed by atoms with E-state index in [1.165, 1.54) is 0 Å². The van der Waals surface area contributed by atoms with E-state index >= 15 is 0 Å². The zero-order chi connectivity index (χ0) is 29.1. The average molecular weight is 619 g/mol. The van der Waals surface area contributed by atoms with Crippen LogP contribution in [0.15, 0.2) is 24.3 Å². The van der Waals surface area contributed by atoms with Gasteiger partial charge in [0.25, 0.3) is 5.91 Å². The number of benzene rings is 2. The number of fused-ring (bicyclic) bond motifs is 1. The molecule has 0 radical (unpaired) electrons. The highest BCUT2D eigenvalue weighted by atomic mass is 79.9. The Hall–Kier alpha value is -3.60. The molecular formula is C29H40BrN5O5. The van der Waals surface area contributed by atoms with Crippen LogP contribution in [0.1, 0.15) is 72.0 Å². The lowest BCUT2D eigenvalue weighted by atomic mass is 9.84. The number of hydrogen-bond donors (Lipinski definition) is 3. The Kier molecular flexibility index (Phi) is 10.7. The van der Waals surface area contributed by atoms with Gasteiger partial charge in [0.1, 0.15) is 5.84 Å². The molecule has 3 rings (SSSR count). The third-order valence-electron chi connectivity index (χ3n) is 6.44. The number of amides is 2. The largest absolute Gasteiger partial charge is 0.490 e. The first-order valence-corrected chi connectivity index (χ1v) is 13.0. The molecule has 0 atom stereocenters. The van der Waals surface area contributed by atoms with E-state index in [1.54, 1.807) is 37.1 Å². The molecule has 0 aliphatic carbocycles. The van der Waals surface area contributed by atoms with Gasteiger partial charge in [-0.2, -0.15) is 0 Å². The number of ketones is 1. The third-order valence-corrected chi connectivity index (χ3v) is 6.44. The monoisotopic (exact) mass is 617 g/mol. The number of Topliss-reactive ketones (excluding diaryl/α,β-unsaturated/α-hetero) is 1. The van der Waals surface area contributed by atoms with Gasteiger partial charge in [0, 0.05) is 56.6 Å². The molecule has 10 nitrogen and oxygen atoms in total. The molecule has 2 aromatic carbocycles. The average Bonchev–Trinajstić information content (AvgIpc) is 3.17. The lowest BCUT2D eigenvalue weighted by Crippen LogP contribution is -2.31. The van der Waals surface area contributed by atoms with Gasteiger partial charge in [0.05, 0.1) is 18.7 Å². The number of nitrogens with one attached hydrogen (secondary N) is 3. The van der Waals surface area contributed by atoms with Gasteiger partial charge < -0.3 is 29.9 Å². The van der Waals surface area contributed by atoms with Crippen LogP contribution in [-0.2, 0) is 12.0 Å². The second kappa shape index (κ2) is 13.2. The molecule has 40 heavy (non-hydrogen) atoms. The van der Waals surface area contributed by atoms with Gasteiger partial charge in [-0.15, -0.1) is 17.0 Å². The topological polar surface area (TPSA) is 124 Å². The Morgan fingerprint density at radius 3 is 2.33 bits per heavy atom. The maximum absolute atomic E-state index is 13.6. The van der Waals surface area contributed by atoms with Crippen LogP contribution in [-0.4, -0.2) is 69.4 Å². The summed E-state index contributed by atoms with van der Waals surface area (Å²) in [5.41, 5.74) is 3.32. The summed E-state index contributed by atoms with van der Waals surface area (Å²) in [5, 5.41) is 14.0. The molecule has 0 saturated heterocycles. The van der Waals surface area contributed by atoms with Crippen LogP contribution in [0.2, 0.25) is 0 Å². The number of ether oxygens (including phenoxy) is 2. The van der Waals surface area contributed by atoms with Crippen LogP contribution in [0.5, 0.6) is 11.5 Å². The number of halogens is 1. The number of nitrogens with zero attached hydrogens (tertiary/aromatic N) is 2. The minimum absolute atomic E-state index is 0. The lowest BCUT2D eigenvalue weighted by molar-refractivity contribution is 0.0955. The molecule has 0 aromatic heterocycles. The highest BCUT2D eigenvalue weighted by Gasteiger charge is 2.31. The molecule has 0 bridgehead atoms. The van der Waals surface area contributed by atoms with E-state index in [9.17, 15) is 14.4 Å². The summed E-state index contributed by atoms with van der Waals surface area (Å²) in [4.78, 5) is 41.9. The van der Waals surface area contributed by atoms with Gasteiger partial charge in [-0.1, -0.05) is 20.8 Å². The van der Waals surface area contributed by atoms with Gasteiger partial charge in [0.2, 0.25) is 0 Å². The summed E-state index contributed by atoms with van der Waals surface area (Å²) in [6.45, 7) is 10.6. The highest BCUT2D eigenvalue weighted by molar-refractivity contribution is 8.93. The number of carbonyl (C=O) groups excluding carboxylic acids is 3. The molecular weight excluding hydrogens is 578 g/mol. The van der Waals surface area contributed by atoms with Crippen LogP contribution in [0, 0.1) is 5.41 Å². The molecule has 0 unspecified atom stereocenters. The predicted molar refractivity (Wildman–Crippen MR) is 162 cm³/mol. The minimum atomic E-state index is -0.598. The van der Waals surface area contributed by atoms with Crippen LogP contribution < -0.4 is 25.0 Å². The molecule has 1 aliphatic heterocycles. The lowest BCUT2D eigenvalue weighted by Gasteiger charge is -2.25. The SMILES string of the molecule is Br.CCNC(=O)Oc1c(OCC)cc(C(=O)CN2Cc3cc(N(C)C)c(C(=O)NC)cc3C2=N)cc1C(C)(C)C. The van der Waals surface area contributed by atoms with E-state index in [2.05, 4.69) is 10.6 Å². The van der Waals surface area contributed by atoms with E-state index in [-0.39, 0.29) is 46.8 Å². The van der Waals surface area contributed by atoms with Crippen molar-refractivity contribution in [3.05, 3.63) is 52.1 Å². The fraction of sp³-hybridized carbons (Fsp3) is 0.448. The maximum atomic E-state index is 13.6. The standard InChI is InChI=1S/C29H39N5O5.BrH/c1-9-32-28(37)39-25-21(29(3,4)5)11-17(13-24(25)38-10-2)23(35)16-34-15-18-12-22(33(7)8)20(27(36)31-6)14-19(18)26(34)30;/h11-14,30H,9-10,15-16H2,1-8H3,(H,31,36)(H,32,37);1H. The number of anilines is 1. The first-order valence-electron chi connectivity index (χ1n) is 13.0. The fourth-order valence-corrected chi connectivity index (χ4v) is 4.49. The van der Waals surface area contributed by atoms with Crippen LogP contribution in [0.25, 0.3) is 0 Å². The Bertz CT molecular complexity index is 1300. The van der Waals surface area contributed by atoms with Crippen molar-refractivity contribution in [3.8, 4) is 11.5 Å². The number of rotatable bonds is 9. The summed E-state index contributed by atoms with van der Waals surface area (Å²) in [7, 11) is 5.29. The van der Waals surface area contributed by atoms with Gasteiger partial charge in [-0.05, 0) is 49.1 Å². The second-order valence-electron chi connectivity index (χ2n) is 10.6. The quantitative estimate of drug-likeness (QED) is 0.353. The first-order chi connectivity index (χ1) is 18.3. The van der Waals surface area contributed by atoms with E-state index in [0.29, 0.717) is 47.7 Å². The molecule has 2 amide bonds. The normalized spacial score (nSPS) is 12.3. The first kappa shape index (κ1) is 32.6. The van der Waals surface area contributed by atoms with Crippen molar-refractivity contribution in [1.29, 1.82) is 5.41 Å². The minimum Gasteiger partial charge on any atom is -0.490 e. The second-order valence-corrected chi connectivity index (χ2v) is 10.6. The predicted octanol–water partition coefficient (Wildman–Crippen LogP) is 4.52. The van der Waals surface area contributed by atoms with Crippen molar-refractivity contribution >= 4 is 46.3 Å². The van der Waals surface area contributed by atoms with E-state index in [1.807, 2.05) is 52.8 Å². The summed E-state index contributed by atoms with van der Waals surface area (Å²) >= 11 is 0. The molecule has 0 spiro atoms. The fourth-order valence-electron chi connectivity index (χ4n) is 4.49. The Labute approximate surface area is 246 Å². The van der Waals surface area contributed by atoms with Gasteiger partial charge in [0.15, 0.2) is 17.3 Å². The van der Waals surface area contributed by atoms with Crippen molar-refractivity contribution < 1.29 is 23.9 Å². The summed E-state index contributed by atoms with van der Waals surface area (Å²) < 4.78 is 11.4. The molecule has 1 heterocycles. The zero-order valence-electron chi connectivity index (χ0n) is 24.5. The van der Waals surface area contributed by atoms with Crippen molar-refractivity contribution in [2.45, 2.75) is 46.6 Å². The smallest absolute Gasteiger partial charge is 0.412 e. The number of hydrogen-bond acceptors (Lipinski definition) is 7. The van der Waals surface area contributed by atoms with Gasteiger partial charge in [-0.3, -0.25) is 15.0 Å². The van der Waals surface area contributed by atoms with Crippen molar-refractivity contribution in [2.24, 2.45) is 0 Å². The van der Waals surface area contributed by atoms with E-state index in [4.69, 9.17) is 14.9 Å². The summed E-state index contributed by atoms with van der Waals surface area (Å²) in [5.74, 6) is 0.335. The summed E-state index contributed by atoms with van der Waals surface area (Å²) in [6.07, 6.45) is -0.598.